The van der Waals surface area contributed by atoms with Crippen LogP contribution in [0.2, 0.25) is 0 Å². The molecule has 1 fully saturated rings. The van der Waals surface area contributed by atoms with Crippen LogP contribution < -0.4 is 16.0 Å². The summed E-state index contributed by atoms with van der Waals surface area (Å²) in [6.45, 7) is 2.11. The normalized spacial score (nSPS) is 20.9. The second-order valence-electron chi connectivity index (χ2n) is 4.92. The van der Waals surface area contributed by atoms with Crippen LogP contribution in [0.4, 0.5) is 0 Å². The van der Waals surface area contributed by atoms with Gasteiger partial charge in [-0.15, -0.1) is 0 Å². The number of nitrogens with one attached hydrogen (secondary N) is 1. The van der Waals surface area contributed by atoms with Crippen molar-refractivity contribution in [3.05, 3.63) is 29.3 Å². The van der Waals surface area contributed by atoms with Gasteiger partial charge in [0.25, 0.3) is 0 Å². The highest BCUT2D eigenvalue weighted by molar-refractivity contribution is 7.99. The Bertz CT molecular complexity index is 391. The van der Waals surface area contributed by atoms with E-state index in [0.717, 1.165) is 12.2 Å². The summed E-state index contributed by atoms with van der Waals surface area (Å²) in [5.41, 5.74) is 5.51. The Morgan fingerprint density at radius 1 is 1.56 bits per heavy atom. The van der Waals surface area contributed by atoms with E-state index in [2.05, 4.69) is 24.5 Å². The molecule has 2 unspecified atom stereocenters. The van der Waals surface area contributed by atoms with E-state index >= 15 is 0 Å². The van der Waals surface area contributed by atoms with Gasteiger partial charge < -0.3 is 4.74 Å². The molecule has 0 amide bonds. The van der Waals surface area contributed by atoms with Gasteiger partial charge in [-0.1, -0.05) is 17.7 Å². The topological polar surface area (TPSA) is 47.3 Å². The van der Waals surface area contributed by atoms with Gasteiger partial charge in [-0.2, -0.15) is 11.8 Å². The molecule has 2 atom stereocenters. The van der Waals surface area contributed by atoms with Crippen molar-refractivity contribution in [1.82, 2.24) is 5.43 Å². The Balaban J connectivity index is 2.12. The second kappa shape index (κ2) is 6.45. The van der Waals surface area contributed by atoms with E-state index in [0.29, 0.717) is 12.0 Å². The fourth-order valence-electron chi connectivity index (χ4n) is 2.54. The minimum absolute atomic E-state index is 0.343. The van der Waals surface area contributed by atoms with Crippen LogP contribution in [0.15, 0.2) is 18.2 Å². The Labute approximate surface area is 113 Å². The van der Waals surface area contributed by atoms with Crippen molar-refractivity contribution in [2.45, 2.75) is 25.8 Å². The Morgan fingerprint density at radius 2 is 2.39 bits per heavy atom. The van der Waals surface area contributed by atoms with Gasteiger partial charge in [0.05, 0.1) is 7.11 Å². The lowest BCUT2D eigenvalue weighted by Gasteiger charge is -2.23. The molecule has 0 spiro atoms. The maximum Gasteiger partial charge on any atom is 0.122 e. The number of benzene rings is 1. The summed E-state index contributed by atoms with van der Waals surface area (Å²) in [5, 5.41) is 0. The van der Waals surface area contributed by atoms with Crippen molar-refractivity contribution in [1.29, 1.82) is 0 Å². The molecule has 1 aromatic carbocycles. The molecule has 2 rings (SSSR count). The second-order valence-corrected chi connectivity index (χ2v) is 6.07. The number of hydrogen-bond acceptors (Lipinski definition) is 4. The van der Waals surface area contributed by atoms with Crippen LogP contribution in [-0.4, -0.2) is 24.7 Å². The number of aryl methyl sites for hydroxylation is 1. The zero-order valence-electron chi connectivity index (χ0n) is 11.1. The highest BCUT2D eigenvalue weighted by Crippen LogP contribution is 2.29. The number of hydrogen-bond donors (Lipinski definition) is 2. The Morgan fingerprint density at radius 3 is 3.00 bits per heavy atom. The van der Waals surface area contributed by atoms with Gasteiger partial charge in [-0.05, 0) is 48.8 Å². The maximum absolute atomic E-state index is 5.73. The summed E-state index contributed by atoms with van der Waals surface area (Å²) in [4.78, 5) is 0. The quantitative estimate of drug-likeness (QED) is 0.633. The SMILES string of the molecule is COc1ccc(C)cc1CC(NN)C1CCSC1. The molecule has 3 N–H and O–H groups in total. The molecular weight excluding hydrogens is 244 g/mol. The first kappa shape index (κ1) is 13.7. The van der Waals surface area contributed by atoms with Gasteiger partial charge in [0, 0.05) is 6.04 Å². The summed E-state index contributed by atoms with van der Waals surface area (Å²) < 4.78 is 5.43. The van der Waals surface area contributed by atoms with Crippen molar-refractivity contribution >= 4 is 11.8 Å². The molecule has 1 aliphatic heterocycles. The number of rotatable bonds is 5. The van der Waals surface area contributed by atoms with Crippen molar-refractivity contribution in [2.75, 3.05) is 18.6 Å². The van der Waals surface area contributed by atoms with Crippen LogP contribution in [0.1, 0.15) is 17.5 Å². The van der Waals surface area contributed by atoms with Crippen LogP contribution in [0.5, 0.6) is 5.75 Å². The van der Waals surface area contributed by atoms with Crippen molar-refractivity contribution < 1.29 is 4.74 Å². The first-order valence-electron chi connectivity index (χ1n) is 6.42. The van der Waals surface area contributed by atoms with Gasteiger partial charge in [-0.3, -0.25) is 11.3 Å². The zero-order valence-corrected chi connectivity index (χ0v) is 11.9. The number of nitrogens with two attached hydrogens (primary N) is 1. The minimum atomic E-state index is 0.343. The number of hydrazine groups is 1. The lowest BCUT2D eigenvalue weighted by atomic mass is 9.92. The molecule has 0 radical (unpaired) electrons. The standard InChI is InChI=1S/C14H22N2OS/c1-10-3-4-14(17-2)12(7-10)8-13(16-15)11-5-6-18-9-11/h3-4,7,11,13,16H,5-6,8-9,15H2,1-2H3. The van der Waals surface area contributed by atoms with Crippen molar-refractivity contribution in [3.63, 3.8) is 0 Å². The predicted octanol–water partition coefficient (Wildman–Crippen LogP) is 2.13. The van der Waals surface area contributed by atoms with E-state index in [-0.39, 0.29) is 0 Å². The van der Waals surface area contributed by atoms with Crippen LogP contribution in [0, 0.1) is 12.8 Å². The highest BCUT2D eigenvalue weighted by atomic mass is 32.2. The summed E-state index contributed by atoms with van der Waals surface area (Å²) in [6.07, 6.45) is 2.19. The molecule has 4 heteroatoms. The average Bonchev–Trinajstić information content (AvgIpc) is 2.90. The zero-order chi connectivity index (χ0) is 13.0. The molecule has 0 aliphatic carbocycles. The lowest BCUT2D eigenvalue weighted by molar-refractivity contribution is 0.371. The molecule has 3 nitrogen and oxygen atoms in total. The first-order valence-corrected chi connectivity index (χ1v) is 7.57. The highest BCUT2D eigenvalue weighted by Gasteiger charge is 2.25. The van der Waals surface area contributed by atoms with Gasteiger partial charge in [0.15, 0.2) is 0 Å². The van der Waals surface area contributed by atoms with Gasteiger partial charge in [0.1, 0.15) is 5.75 Å². The molecule has 18 heavy (non-hydrogen) atoms. The molecule has 1 aromatic rings. The van der Waals surface area contributed by atoms with Crippen LogP contribution in [0.3, 0.4) is 0 Å². The third-order valence-electron chi connectivity index (χ3n) is 3.62. The third kappa shape index (κ3) is 3.19. The van der Waals surface area contributed by atoms with Crippen molar-refractivity contribution in [2.24, 2.45) is 11.8 Å². The molecular formula is C14H22N2OS. The molecule has 0 aromatic heterocycles. The van der Waals surface area contributed by atoms with Crippen molar-refractivity contribution in [3.8, 4) is 5.75 Å². The van der Waals surface area contributed by atoms with Crippen LogP contribution in [-0.2, 0) is 6.42 Å². The largest absolute Gasteiger partial charge is 0.496 e. The van der Waals surface area contributed by atoms with E-state index in [1.165, 1.54) is 29.1 Å². The summed E-state index contributed by atoms with van der Waals surface area (Å²) >= 11 is 2.02. The molecule has 0 saturated carbocycles. The van der Waals surface area contributed by atoms with Gasteiger partial charge in [0.2, 0.25) is 0 Å². The number of thioether (sulfide) groups is 1. The smallest absolute Gasteiger partial charge is 0.122 e. The van der Waals surface area contributed by atoms with Gasteiger partial charge >= 0.3 is 0 Å². The molecule has 1 heterocycles. The fraction of sp³-hybridized carbons (Fsp3) is 0.571. The van der Waals surface area contributed by atoms with Crippen LogP contribution >= 0.6 is 11.8 Å². The monoisotopic (exact) mass is 266 g/mol. The first-order chi connectivity index (χ1) is 8.74. The predicted molar refractivity (Wildman–Crippen MR) is 78.0 cm³/mol. The third-order valence-corrected chi connectivity index (χ3v) is 4.81. The summed E-state index contributed by atoms with van der Waals surface area (Å²) in [6, 6.07) is 6.67. The molecule has 0 bridgehead atoms. The number of methoxy groups -OCH3 is 1. The average molecular weight is 266 g/mol. The fourth-order valence-corrected chi connectivity index (χ4v) is 3.87. The summed E-state index contributed by atoms with van der Waals surface area (Å²) in [5.74, 6) is 9.83. The lowest BCUT2D eigenvalue weighted by Crippen LogP contribution is -2.42. The maximum atomic E-state index is 5.73. The number of ether oxygens (including phenoxy) is 1. The summed E-state index contributed by atoms with van der Waals surface area (Å²) in [7, 11) is 1.73. The van der Waals surface area contributed by atoms with E-state index in [4.69, 9.17) is 10.6 Å². The Hall–Kier alpha value is -0.710. The van der Waals surface area contributed by atoms with E-state index < -0.39 is 0 Å². The molecule has 1 saturated heterocycles. The van der Waals surface area contributed by atoms with E-state index in [1.54, 1.807) is 7.11 Å². The van der Waals surface area contributed by atoms with Gasteiger partial charge in [-0.25, -0.2) is 0 Å². The Kier molecular flexibility index (Phi) is 4.92. The van der Waals surface area contributed by atoms with E-state index in [1.807, 2.05) is 17.8 Å². The van der Waals surface area contributed by atoms with Crippen LogP contribution in [0.25, 0.3) is 0 Å². The molecule has 100 valence electrons. The molecule has 1 aliphatic rings. The minimum Gasteiger partial charge on any atom is -0.496 e. The van der Waals surface area contributed by atoms with E-state index in [9.17, 15) is 0 Å².